The van der Waals surface area contributed by atoms with Gasteiger partial charge in [-0.15, -0.1) is 0 Å². The summed E-state index contributed by atoms with van der Waals surface area (Å²) in [5.41, 5.74) is 3.21. The first-order valence-electron chi connectivity index (χ1n) is 9.58. The fraction of sp³-hybridized carbons (Fsp3) is 0.174. The molecule has 0 bridgehead atoms. The van der Waals surface area contributed by atoms with Crippen LogP contribution >= 0.6 is 0 Å². The van der Waals surface area contributed by atoms with Gasteiger partial charge in [0.25, 0.3) is 15.9 Å². The van der Waals surface area contributed by atoms with Crippen molar-refractivity contribution >= 4 is 21.6 Å². The molecule has 0 saturated heterocycles. The van der Waals surface area contributed by atoms with E-state index in [2.05, 4.69) is 5.32 Å². The van der Waals surface area contributed by atoms with Crippen molar-refractivity contribution in [2.24, 2.45) is 0 Å². The maximum absolute atomic E-state index is 13.2. The number of nitrogens with one attached hydrogen (secondary N) is 1. The van der Waals surface area contributed by atoms with Crippen molar-refractivity contribution in [2.45, 2.75) is 17.7 Å². The van der Waals surface area contributed by atoms with E-state index >= 15 is 0 Å². The van der Waals surface area contributed by atoms with Gasteiger partial charge >= 0.3 is 0 Å². The number of carbonyl (C=O) groups is 1. The molecule has 0 radical (unpaired) electrons. The van der Waals surface area contributed by atoms with Gasteiger partial charge < -0.3 is 5.32 Å². The summed E-state index contributed by atoms with van der Waals surface area (Å²) in [6.07, 6.45) is 1.41. The number of anilines is 1. The first kappa shape index (κ1) is 19.2. The highest BCUT2D eigenvalue weighted by molar-refractivity contribution is 7.92. The minimum absolute atomic E-state index is 0.130. The summed E-state index contributed by atoms with van der Waals surface area (Å²) in [5, 5.41) is 2.86. The second-order valence-electron chi connectivity index (χ2n) is 6.98. The highest BCUT2D eigenvalue weighted by Crippen LogP contribution is 2.32. The van der Waals surface area contributed by atoms with Gasteiger partial charge in [0.05, 0.1) is 10.6 Å². The van der Waals surface area contributed by atoms with E-state index in [-0.39, 0.29) is 10.8 Å². The quantitative estimate of drug-likeness (QED) is 0.682. The van der Waals surface area contributed by atoms with Crippen LogP contribution in [0.3, 0.4) is 0 Å². The van der Waals surface area contributed by atoms with E-state index in [1.54, 1.807) is 12.1 Å². The molecule has 0 atom stereocenters. The van der Waals surface area contributed by atoms with E-state index in [1.165, 1.54) is 16.4 Å². The lowest BCUT2D eigenvalue weighted by Gasteiger charge is -2.20. The zero-order chi connectivity index (χ0) is 20.3. The summed E-state index contributed by atoms with van der Waals surface area (Å²) >= 11 is 0. The van der Waals surface area contributed by atoms with Gasteiger partial charge in [0.15, 0.2) is 0 Å². The Kier molecular flexibility index (Phi) is 5.36. The van der Waals surface area contributed by atoms with E-state index in [0.717, 1.165) is 17.5 Å². The van der Waals surface area contributed by atoms with Crippen LogP contribution in [0.4, 0.5) is 5.69 Å². The molecule has 1 aliphatic heterocycles. The summed E-state index contributed by atoms with van der Waals surface area (Å²) in [6.45, 7) is 0.897. The number of sulfonamides is 1. The van der Waals surface area contributed by atoms with E-state index in [9.17, 15) is 13.2 Å². The number of hydrogen-bond donors (Lipinski definition) is 1. The maximum atomic E-state index is 13.2. The van der Waals surface area contributed by atoms with Crippen LogP contribution in [0.15, 0.2) is 83.8 Å². The molecule has 0 unspecified atom stereocenters. The molecule has 4 rings (SSSR count). The smallest absolute Gasteiger partial charge is 0.264 e. The normalized spacial score (nSPS) is 13.2. The molecule has 0 aliphatic carbocycles. The van der Waals surface area contributed by atoms with Crippen molar-refractivity contribution in [3.8, 4) is 0 Å². The van der Waals surface area contributed by atoms with Gasteiger partial charge in [0.2, 0.25) is 0 Å². The fourth-order valence-corrected chi connectivity index (χ4v) is 5.10. The van der Waals surface area contributed by atoms with Crippen LogP contribution in [0.1, 0.15) is 21.5 Å². The lowest BCUT2D eigenvalue weighted by atomic mass is 10.1. The van der Waals surface area contributed by atoms with Crippen LogP contribution in [0.5, 0.6) is 0 Å². The molecule has 3 aromatic rings. The first-order valence-corrected chi connectivity index (χ1v) is 11.0. The lowest BCUT2D eigenvalue weighted by Crippen LogP contribution is -2.30. The third kappa shape index (κ3) is 4.03. The second-order valence-corrected chi connectivity index (χ2v) is 8.84. The molecule has 1 N–H and O–H groups in total. The minimum atomic E-state index is -3.72. The van der Waals surface area contributed by atoms with Gasteiger partial charge in [0.1, 0.15) is 0 Å². The number of benzene rings is 3. The van der Waals surface area contributed by atoms with Crippen LogP contribution in [0.25, 0.3) is 0 Å². The molecular formula is C23H22N2O3S. The van der Waals surface area contributed by atoms with Gasteiger partial charge in [-0.3, -0.25) is 9.10 Å². The van der Waals surface area contributed by atoms with Crippen LogP contribution in [-0.4, -0.2) is 27.4 Å². The standard InChI is InChI=1S/C23H22N2O3S/c26-23(24-15-13-18-7-2-1-3-8-18)20-10-6-11-21(17-20)29(27,28)25-16-14-19-9-4-5-12-22(19)25/h1-12,17H,13-16H2,(H,24,26). The van der Waals surface area contributed by atoms with Crippen LogP contribution in [0.2, 0.25) is 0 Å². The number of rotatable bonds is 6. The Hall–Kier alpha value is -3.12. The van der Waals surface area contributed by atoms with Crippen molar-refractivity contribution < 1.29 is 13.2 Å². The Labute approximate surface area is 171 Å². The van der Waals surface area contributed by atoms with Crippen molar-refractivity contribution in [1.29, 1.82) is 0 Å². The highest BCUT2D eigenvalue weighted by atomic mass is 32.2. The van der Waals surface area contributed by atoms with Crippen molar-refractivity contribution in [3.63, 3.8) is 0 Å². The molecule has 148 valence electrons. The fourth-order valence-electron chi connectivity index (χ4n) is 3.55. The summed E-state index contributed by atoms with van der Waals surface area (Å²) in [7, 11) is -3.72. The third-order valence-electron chi connectivity index (χ3n) is 5.07. The van der Waals surface area contributed by atoms with Crippen LogP contribution in [0, 0.1) is 0 Å². The van der Waals surface area contributed by atoms with E-state index in [4.69, 9.17) is 0 Å². The van der Waals surface area contributed by atoms with Gasteiger partial charge in [-0.2, -0.15) is 0 Å². The average Bonchev–Trinajstić information content (AvgIpc) is 3.19. The van der Waals surface area contributed by atoms with Crippen molar-refractivity contribution in [1.82, 2.24) is 5.32 Å². The summed E-state index contributed by atoms with van der Waals surface area (Å²) in [4.78, 5) is 12.6. The Balaban J connectivity index is 1.49. The Morgan fingerprint density at radius 3 is 2.52 bits per heavy atom. The molecule has 0 fully saturated rings. The molecule has 1 amide bonds. The molecule has 0 spiro atoms. The number of para-hydroxylation sites is 1. The number of fused-ring (bicyclic) bond motifs is 1. The average molecular weight is 407 g/mol. The lowest BCUT2D eigenvalue weighted by molar-refractivity contribution is 0.0954. The zero-order valence-electron chi connectivity index (χ0n) is 15.9. The van der Waals surface area contributed by atoms with Gasteiger partial charge in [-0.25, -0.2) is 8.42 Å². The number of nitrogens with zero attached hydrogens (tertiary/aromatic N) is 1. The summed E-state index contributed by atoms with van der Waals surface area (Å²) < 4.78 is 27.8. The maximum Gasteiger partial charge on any atom is 0.264 e. The molecule has 6 heteroatoms. The van der Waals surface area contributed by atoms with Crippen molar-refractivity contribution in [2.75, 3.05) is 17.4 Å². The molecule has 0 saturated carbocycles. The Morgan fingerprint density at radius 2 is 1.69 bits per heavy atom. The number of carbonyl (C=O) groups excluding carboxylic acids is 1. The molecule has 29 heavy (non-hydrogen) atoms. The SMILES string of the molecule is O=C(NCCc1ccccc1)c1cccc(S(=O)(=O)N2CCc3ccccc32)c1. The summed E-state index contributed by atoms with van der Waals surface area (Å²) in [6, 6.07) is 23.6. The topological polar surface area (TPSA) is 66.5 Å². The predicted molar refractivity (Wildman–Crippen MR) is 114 cm³/mol. The number of amides is 1. The van der Waals surface area contributed by atoms with E-state index in [1.807, 2.05) is 54.6 Å². The highest BCUT2D eigenvalue weighted by Gasteiger charge is 2.30. The Bertz CT molecular complexity index is 1130. The van der Waals surface area contributed by atoms with Crippen LogP contribution < -0.4 is 9.62 Å². The zero-order valence-corrected chi connectivity index (χ0v) is 16.7. The monoisotopic (exact) mass is 406 g/mol. The van der Waals surface area contributed by atoms with E-state index < -0.39 is 10.0 Å². The first-order chi connectivity index (χ1) is 14.1. The molecule has 3 aromatic carbocycles. The van der Waals surface area contributed by atoms with E-state index in [0.29, 0.717) is 30.8 Å². The molecule has 1 aliphatic rings. The van der Waals surface area contributed by atoms with Crippen LogP contribution in [-0.2, 0) is 22.9 Å². The molecular weight excluding hydrogens is 384 g/mol. The third-order valence-corrected chi connectivity index (χ3v) is 6.88. The minimum Gasteiger partial charge on any atom is -0.352 e. The molecule has 0 aromatic heterocycles. The van der Waals surface area contributed by atoms with Crippen molar-refractivity contribution in [3.05, 3.63) is 95.6 Å². The second kappa shape index (κ2) is 8.09. The predicted octanol–water partition coefficient (Wildman–Crippen LogP) is 3.41. The largest absolute Gasteiger partial charge is 0.352 e. The van der Waals surface area contributed by atoms with Gasteiger partial charge in [-0.1, -0.05) is 54.6 Å². The summed E-state index contributed by atoms with van der Waals surface area (Å²) in [5.74, 6) is -0.278. The van der Waals surface area contributed by atoms with Gasteiger partial charge in [0, 0.05) is 18.7 Å². The Morgan fingerprint density at radius 1 is 0.931 bits per heavy atom. The number of hydrogen-bond acceptors (Lipinski definition) is 3. The molecule has 1 heterocycles. The van der Waals surface area contributed by atoms with Gasteiger partial charge in [-0.05, 0) is 48.2 Å². The molecule has 5 nitrogen and oxygen atoms in total.